The van der Waals surface area contributed by atoms with Crippen LogP contribution >= 0.6 is 12.2 Å². The fourth-order valence-corrected chi connectivity index (χ4v) is 3.10. The highest BCUT2D eigenvalue weighted by atomic mass is 32.2. The molecule has 0 bridgehead atoms. The van der Waals surface area contributed by atoms with E-state index in [1.54, 1.807) is 31.5 Å². The summed E-state index contributed by atoms with van der Waals surface area (Å²) in [6, 6.07) is 4.76. The number of benzene rings is 1. The minimum Gasteiger partial charge on any atom is -0.389 e. The van der Waals surface area contributed by atoms with E-state index in [2.05, 4.69) is 14.9 Å². The molecule has 0 aliphatic carbocycles. The largest absolute Gasteiger partial charge is 0.389 e. The van der Waals surface area contributed by atoms with Gasteiger partial charge in [-0.15, -0.1) is 0 Å². The molecule has 0 amide bonds. The van der Waals surface area contributed by atoms with Gasteiger partial charge < -0.3 is 5.73 Å². The van der Waals surface area contributed by atoms with Crippen molar-refractivity contribution in [1.29, 1.82) is 0 Å². The number of H-pyrrole nitrogens is 1. The first kappa shape index (κ1) is 14.6. The smallest absolute Gasteiger partial charge is 0.241 e. The molecule has 20 heavy (non-hydrogen) atoms. The molecule has 0 unspecified atom stereocenters. The van der Waals surface area contributed by atoms with Gasteiger partial charge in [-0.2, -0.15) is 5.10 Å². The standard InChI is InChI=1S/C12H14N4O2S2/c1-8-4-10(12(13)19)2-3-11(8)20(17,18)16-7-9-5-14-15-6-9/h2-6,16H,7H2,1H3,(H2,13,19)(H,14,15). The molecule has 0 radical (unpaired) electrons. The Morgan fingerprint density at radius 2 is 2.25 bits per heavy atom. The van der Waals surface area contributed by atoms with Crippen molar-refractivity contribution in [2.24, 2.45) is 5.73 Å². The molecule has 0 saturated heterocycles. The molecule has 6 nitrogen and oxygen atoms in total. The summed E-state index contributed by atoms with van der Waals surface area (Å²) in [5.74, 6) is 0. The number of rotatable bonds is 5. The van der Waals surface area contributed by atoms with Crippen molar-refractivity contribution in [2.75, 3.05) is 0 Å². The van der Waals surface area contributed by atoms with Crippen LogP contribution in [0.1, 0.15) is 16.7 Å². The Balaban J connectivity index is 2.23. The minimum atomic E-state index is -3.59. The van der Waals surface area contributed by atoms with E-state index in [-0.39, 0.29) is 16.4 Å². The summed E-state index contributed by atoms with van der Waals surface area (Å²) >= 11 is 4.87. The molecule has 0 aliphatic heterocycles. The highest BCUT2D eigenvalue weighted by molar-refractivity contribution is 7.89. The lowest BCUT2D eigenvalue weighted by atomic mass is 10.1. The van der Waals surface area contributed by atoms with Gasteiger partial charge in [0.15, 0.2) is 0 Å². The van der Waals surface area contributed by atoms with Gasteiger partial charge in [0.25, 0.3) is 0 Å². The molecule has 1 aromatic heterocycles. The normalized spacial score (nSPS) is 11.4. The Morgan fingerprint density at radius 1 is 1.50 bits per heavy atom. The van der Waals surface area contributed by atoms with Gasteiger partial charge >= 0.3 is 0 Å². The molecule has 0 spiro atoms. The van der Waals surface area contributed by atoms with Crippen molar-refractivity contribution >= 4 is 27.2 Å². The molecule has 0 fully saturated rings. The van der Waals surface area contributed by atoms with E-state index in [9.17, 15) is 8.42 Å². The van der Waals surface area contributed by atoms with Gasteiger partial charge in [0, 0.05) is 23.9 Å². The number of aromatic nitrogens is 2. The maximum absolute atomic E-state index is 12.2. The molecular weight excluding hydrogens is 296 g/mol. The van der Waals surface area contributed by atoms with Crippen LogP contribution in [0, 0.1) is 6.92 Å². The molecule has 1 aromatic carbocycles. The fourth-order valence-electron chi connectivity index (χ4n) is 1.73. The molecule has 106 valence electrons. The van der Waals surface area contributed by atoms with Crippen molar-refractivity contribution < 1.29 is 8.42 Å². The van der Waals surface area contributed by atoms with Gasteiger partial charge in [0.1, 0.15) is 4.99 Å². The van der Waals surface area contributed by atoms with Crippen LogP contribution in [-0.2, 0) is 16.6 Å². The Morgan fingerprint density at radius 3 is 2.80 bits per heavy atom. The van der Waals surface area contributed by atoms with Gasteiger partial charge in [-0.05, 0) is 24.6 Å². The van der Waals surface area contributed by atoms with Crippen LogP contribution in [0.25, 0.3) is 0 Å². The van der Waals surface area contributed by atoms with E-state index >= 15 is 0 Å². The number of hydrogen-bond acceptors (Lipinski definition) is 4. The molecule has 2 aromatic rings. The van der Waals surface area contributed by atoms with Gasteiger partial charge in [-0.1, -0.05) is 18.3 Å². The zero-order valence-corrected chi connectivity index (χ0v) is 12.4. The number of nitrogens with zero attached hydrogens (tertiary/aromatic N) is 1. The molecule has 0 saturated carbocycles. The average molecular weight is 310 g/mol. The number of nitrogens with two attached hydrogens (primary N) is 1. The molecule has 8 heteroatoms. The van der Waals surface area contributed by atoms with Crippen molar-refractivity contribution in [2.45, 2.75) is 18.4 Å². The first-order valence-corrected chi connectivity index (χ1v) is 7.67. The quantitative estimate of drug-likeness (QED) is 0.710. The molecule has 1 heterocycles. The monoisotopic (exact) mass is 310 g/mol. The molecule has 4 N–H and O–H groups in total. The van der Waals surface area contributed by atoms with E-state index in [4.69, 9.17) is 18.0 Å². The summed E-state index contributed by atoms with van der Waals surface area (Å²) in [6.07, 6.45) is 3.19. The van der Waals surface area contributed by atoms with Crippen molar-refractivity contribution in [3.8, 4) is 0 Å². The number of aromatic amines is 1. The lowest BCUT2D eigenvalue weighted by Crippen LogP contribution is -2.24. The topological polar surface area (TPSA) is 101 Å². The van der Waals surface area contributed by atoms with Crippen LogP contribution in [0.15, 0.2) is 35.5 Å². The lowest BCUT2D eigenvalue weighted by Gasteiger charge is -2.10. The van der Waals surface area contributed by atoms with Crippen LogP contribution in [-0.4, -0.2) is 23.6 Å². The highest BCUT2D eigenvalue weighted by Gasteiger charge is 2.17. The second-order valence-electron chi connectivity index (χ2n) is 4.28. The van der Waals surface area contributed by atoms with E-state index in [0.717, 1.165) is 5.56 Å². The molecule has 2 rings (SSSR count). The number of sulfonamides is 1. The second-order valence-corrected chi connectivity index (χ2v) is 6.45. The number of nitrogens with one attached hydrogen (secondary N) is 2. The van der Waals surface area contributed by atoms with Crippen LogP contribution < -0.4 is 10.5 Å². The van der Waals surface area contributed by atoms with Crippen molar-refractivity contribution in [3.63, 3.8) is 0 Å². The molecular formula is C12H14N4O2S2. The van der Waals surface area contributed by atoms with Gasteiger partial charge in [0.2, 0.25) is 10.0 Å². The maximum Gasteiger partial charge on any atom is 0.241 e. The summed E-state index contributed by atoms with van der Waals surface area (Å²) in [5.41, 5.74) is 7.51. The Bertz CT molecular complexity index is 724. The summed E-state index contributed by atoms with van der Waals surface area (Å²) in [6.45, 7) is 1.88. The van der Waals surface area contributed by atoms with Crippen LogP contribution in [0.4, 0.5) is 0 Å². The van der Waals surface area contributed by atoms with E-state index in [1.165, 1.54) is 6.07 Å². The second kappa shape index (κ2) is 5.70. The van der Waals surface area contributed by atoms with E-state index in [1.807, 2.05) is 0 Å². The summed E-state index contributed by atoms with van der Waals surface area (Å²) in [5, 5.41) is 6.38. The third kappa shape index (κ3) is 3.21. The zero-order valence-electron chi connectivity index (χ0n) is 10.8. The average Bonchev–Trinajstić information content (AvgIpc) is 2.89. The van der Waals surface area contributed by atoms with Crippen LogP contribution in [0.5, 0.6) is 0 Å². The van der Waals surface area contributed by atoms with Gasteiger partial charge in [-0.3, -0.25) is 5.10 Å². The predicted molar refractivity (Wildman–Crippen MR) is 79.7 cm³/mol. The third-order valence-corrected chi connectivity index (χ3v) is 4.57. The SMILES string of the molecule is Cc1cc(C(N)=S)ccc1S(=O)(=O)NCc1cn[nH]c1. The summed E-state index contributed by atoms with van der Waals surface area (Å²) in [7, 11) is -3.59. The zero-order chi connectivity index (χ0) is 14.8. The first-order valence-electron chi connectivity index (χ1n) is 5.78. The number of aryl methyl sites for hydroxylation is 1. The Hall–Kier alpha value is -1.77. The van der Waals surface area contributed by atoms with Gasteiger partial charge in [0.05, 0.1) is 11.1 Å². The summed E-state index contributed by atoms with van der Waals surface area (Å²) < 4.78 is 27.0. The maximum atomic E-state index is 12.2. The van der Waals surface area contributed by atoms with Crippen LogP contribution in [0.2, 0.25) is 0 Å². The summed E-state index contributed by atoms with van der Waals surface area (Å²) in [4.78, 5) is 0.449. The molecule has 0 atom stereocenters. The number of thiocarbonyl (C=S) groups is 1. The van der Waals surface area contributed by atoms with Crippen molar-refractivity contribution in [1.82, 2.24) is 14.9 Å². The van der Waals surface area contributed by atoms with E-state index in [0.29, 0.717) is 11.1 Å². The van der Waals surface area contributed by atoms with Crippen molar-refractivity contribution in [3.05, 3.63) is 47.3 Å². The Labute approximate surface area is 122 Å². The minimum absolute atomic E-state index is 0.176. The van der Waals surface area contributed by atoms with Gasteiger partial charge in [-0.25, -0.2) is 13.1 Å². The highest BCUT2D eigenvalue weighted by Crippen LogP contribution is 2.17. The van der Waals surface area contributed by atoms with E-state index < -0.39 is 10.0 Å². The molecule has 0 aliphatic rings. The predicted octanol–water partition coefficient (Wildman–Crippen LogP) is 0.831. The fraction of sp³-hybridized carbons (Fsp3) is 0.167. The van der Waals surface area contributed by atoms with Crippen LogP contribution in [0.3, 0.4) is 0 Å². The first-order chi connectivity index (χ1) is 9.40. The number of hydrogen-bond donors (Lipinski definition) is 3. The Kier molecular flexibility index (Phi) is 4.17. The third-order valence-electron chi connectivity index (χ3n) is 2.77. The lowest BCUT2D eigenvalue weighted by molar-refractivity contribution is 0.580.